The number of rotatable bonds is 5. The van der Waals surface area contributed by atoms with Crippen molar-refractivity contribution in [1.29, 1.82) is 0 Å². The van der Waals surface area contributed by atoms with Gasteiger partial charge in [0.25, 0.3) is 0 Å². The summed E-state index contributed by atoms with van der Waals surface area (Å²) in [5.74, 6) is 0.792. The lowest BCUT2D eigenvalue weighted by atomic mass is 9.93. The maximum atomic E-state index is 12.0. The number of carbonyl (C=O) groups is 1. The number of benzene rings is 1. The summed E-state index contributed by atoms with van der Waals surface area (Å²) in [5.41, 5.74) is 1.96. The Balaban J connectivity index is 2.76. The van der Waals surface area contributed by atoms with Crippen molar-refractivity contribution >= 4 is 21.7 Å². The highest BCUT2D eigenvalue weighted by atomic mass is 79.9. The van der Waals surface area contributed by atoms with Crippen molar-refractivity contribution in [2.24, 2.45) is 5.92 Å². The SMILES string of the molecule is CCC(CC)CC(=O)c1ccc(Br)c(C)c1. The average Bonchev–Trinajstić information content (AvgIpc) is 2.29. The summed E-state index contributed by atoms with van der Waals surface area (Å²) in [6.45, 7) is 6.31. The highest BCUT2D eigenvalue weighted by Crippen LogP contribution is 2.20. The number of hydrogen-bond acceptors (Lipinski definition) is 1. The quantitative estimate of drug-likeness (QED) is 0.711. The number of Topliss-reactive ketones (excluding diaryl/α,β-unsaturated/α-hetero) is 1. The molecule has 1 nitrogen and oxygen atoms in total. The van der Waals surface area contributed by atoms with Gasteiger partial charge in [-0.25, -0.2) is 0 Å². The van der Waals surface area contributed by atoms with Crippen molar-refractivity contribution in [3.05, 3.63) is 33.8 Å². The van der Waals surface area contributed by atoms with Crippen LogP contribution in [0.25, 0.3) is 0 Å². The zero-order valence-corrected chi connectivity index (χ0v) is 11.8. The molecule has 0 radical (unpaired) electrons. The van der Waals surface area contributed by atoms with E-state index in [1.807, 2.05) is 25.1 Å². The summed E-state index contributed by atoms with van der Waals surface area (Å²) in [7, 11) is 0. The Morgan fingerprint density at radius 2 is 1.94 bits per heavy atom. The van der Waals surface area contributed by atoms with Gasteiger partial charge in [0.15, 0.2) is 5.78 Å². The van der Waals surface area contributed by atoms with Crippen molar-refractivity contribution < 1.29 is 4.79 Å². The van der Waals surface area contributed by atoms with E-state index in [1.165, 1.54) is 0 Å². The van der Waals surface area contributed by atoms with Gasteiger partial charge in [0.1, 0.15) is 0 Å². The average molecular weight is 283 g/mol. The first kappa shape index (κ1) is 13.4. The Hall–Kier alpha value is -0.630. The predicted molar refractivity (Wildman–Crippen MR) is 71.9 cm³/mol. The first-order valence-electron chi connectivity index (χ1n) is 5.87. The largest absolute Gasteiger partial charge is 0.294 e. The van der Waals surface area contributed by atoms with Gasteiger partial charge in [-0.05, 0) is 30.5 Å². The first-order valence-corrected chi connectivity index (χ1v) is 6.67. The van der Waals surface area contributed by atoms with Crippen LogP contribution >= 0.6 is 15.9 Å². The molecule has 0 amide bonds. The molecule has 88 valence electrons. The smallest absolute Gasteiger partial charge is 0.163 e. The molecule has 16 heavy (non-hydrogen) atoms. The van der Waals surface area contributed by atoms with E-state index in [0.29, 0.717) is 12.3 Å². The lowest BCUT2D eigenvalue weighted by Crippen LogP contribution is -2.07. The minimum atomic E-state index is 0.268. The second kappa shape index (κ2) is 6.19. The molecule has 0 saturated carbocycles. The second-order valence-electron chi connectivity index (χ2n) is 4.27. The van der Waals surface area contributed by atoms with Crippen molar-refractivity contribution in [2.75, 3.05) is 0 Å². The number of hydrogen-bond donors (Lipinski definition) is 0. The molecule has 0 aliphatic rings. The highest BCUT2D eigenvalue weighted by molar-refractivity contribution is 9.10. The molecule has 0 aromatic heterocycles. The van der Waals surface area contributed by atoms with E-state index < -0.39 is 0 Å². The van der Waals surface area contributed by atoms with Gasteiger partial charge < -0.3 is 0 Å². The monoisotopic (exact) mass is 282 g/mol. The zero-order chi connectivity index (χ0) is 12.1. The van der Waals surface area contributed by atoms with E-state index in [-0.39, 0.29) is 5.78 Å². The lowest BCUT2D eigenvalue weighted by Gasteiger charge is -2.11. The van der Waals surface area contributed by atoms with Crippen LogP contribution in [0.5, 0.6) is 0 Å². The molecule has 0 unspecified atom stereocenters. The molecule has 1 aromatic rings. The van der Waals surface area contributed by atoms with Crippen molar-refractivity contribution in [3.8, 4) is 0 Å². The van der Waals surface area contributed by atoms with Gasteiger partial charge in [-0.1, -0.05) is 48.7 Å². The molecule has 0 bridgehead atoms. The molecular weight excluding hydrogens is 264 g/mol. The van der Waals surface area contributed by atoms with Crippen LogP contribution in [0.15, 0.2) is 22.7 Å². The van der Waals surface area contributed by atoms with Crippen LogP contribution in [0.4, 0.5) is 0 Å². The molecule has 0 atom stereocenters. The lowest BCUT2D eigenvalue weighted by molar-refractivity contribution is 0.0958. The molecule has 0 N–H and O–H groups in total. The fourth-order valence-corrected chi connectivity index (χ4v) is 2.02. The fraction of sp³-hybridized carbons (Fsp3) is 0.500. The van der Waals surface area contributed by atoms with E-state index in [0.717, 1.165) is 28.4 Å². The van der Waals surface area contributed by atoms with Crippen LogP contribution in [-0.2, 0) is 0 Å². The Labute approximate surface area is 106 Å². The van der Waals surface area contributed by atoms with Gasteiger partial charge in [0.05, 0.1) is 0 Å². The molecule has 1 rings (SSSR count). The molecule has 0 fully saturated rings. The van der Waals surface area contributed by atoms with Crippen LogP contribution in [0, 0.1) is 12.8 Å². The minimum absolute atomic E-state index is 0.268. The molecule has 0 heterocycles. The Morgan fingerprint density at radius 3 is 2.44 bits per heavy atom. The maximum absolute atomic E-state index is 12.0. The number of aryl methyl sites for hydroxylation is 1. The number of carbonyl (C=O) groups excluding carboxylic acids is 1. The van der Waals surface area contributed by atoms with Crippen molar-refractivity contribution in [1.82, 2.24) is 0 Å². The summed E-state index contributed by atoms with van der Waals surface area (Å²) in [6.07, 6.45) is 2.84. The molecule has 1 aromatic carbocycles. The van der Waals surface area contributed by atoms with Crippen LogP contribution in [-0.4, -0.2) is 5.78 Å². The highest BCUT2D eigenvalue weighted by Gasteiger charge is 2.12. The van der Waals surface area contributed by atoms with E-state index in [9.17, 15) is 4.79 Å². The molecule has 0 spiro atoms. The van der Waals surface area contributed by atoms with Gasteiger partial charge in [0, 0.05) is 16.5 Å². The topological polar surface area (TPSA) is 17.1 Å². The van der Waals surface area contributed by atoms with Gasteiger partial charge in [-0.15, -0.1) is 0 Å². The summed E-state index contributed by atoms with van der Waals surface area (Å²) in [4.78, 5) is 12.0. The third kappa shape index (κ3) is 3.44. The van der Waals surface area contributed by atoms with E-state index in [4.69, 9.17) is 0 Å². The Bertz CT molecular complexity index is 367. The number of ketones is 1. The van der Waals surface area contributed by atoms with Crippen LogP contribution in [0.2, 0.25) is 0 Å². The molecular formula is C14H19BrO. The standard InChI is InChI=1S/C14H19BrO/c1-4-11(5-2)9-14(16)12-6-7-13(15)10(3)8-12/h6-8,11H,4-5,9H2,1-3H3. The van der Waals surface area contributed by atoms with Crippen molar-refractivity contribution in [3.63, 3.8) is 0 Å². The van der Waals surface area contributed by atoms with Crippen LogP contribution < -0.4 is 0 Å². The molecule has 0 aliphatic heterocycles. The normalized spacial score (nSPS) is 10.8. The van der Waals surface area contributed by atoms with E-state index in [1.54, 1.807) is 0 Å². The third-order valence-electron chi connectivity index (χ3n) is 3.11. The van der Waals surface area contributed by atoms with Gasteiger partial charge in [-0.3, -0.25) is 4.79 Å². The summed E-state index contributed by atoms with van der Waals surface area (Å²) in [6, 6.07) is 5.83. The number of halogens is 1. The van der Waals surface area contributed by atoms with Crippen LogP contribution in [0.1, 0.15) is 49.0 Å². The molecule has 0 aliphatic carbocycles. The van der Waals surface area contributed by atoms with E-state index in [2.05, 4.69) is 29.8 Å². The summed E-state index contributed by atoms with van der Waals surface area (Å²) < 4.78 is 1.06. The molecule has 2 heteroatoms. The summed E-state index contributed by atoms with van der Waals surface area (Å²) >= 11 is 3.45. The first-order chi connectivity index (χ1) is 7.58. The molecule has 0 saturated heterocycles. The third-order valence-corrected chi connectivity index (χ3v) is 4.00. The maximum Gasteiger partial charge on any atom is 0.163 e. The minimum Gasteiger partial charge on any atom is -0.294 e. The van der Waals surface area contributed by atoms with Gasteiger partial charge in [-0.2, -0.15) is 0 Å². The second-order valence-corrected chi connectivity index (χ2v) is 5.13. The Morgan fingerprint density at radius 1 is 1.31 bits per heavy atom. The summed E-state index contributed by atoms with van der Waals surface area (Å²) in [5, 5.41) is 0. The van der Waals surface area contributed by atoms with Crippen molar-refractivity contribution in [2.45, 2.75) is 40.0 Å². The van der Waals surface area contributed by atoms with Crippen LogP contribution in [0.3, 0.4) is 0 Å². The van der Waals surface area contributed by atoms with E-state index >= 15 is 0 Å². The zero-order valence-electron chi connectivity index (χ0n) is 10.2. The van der Waals surface area contributed by atoms with Gasteiger partial charge in [0.2, 0.25) is 0 Å². The Kier molecular flexibility index (Phi) is 5.20. The van der Waals surface area contributed by atoms with Gasteiger partial charge >= 0.3 is 0 Å². The fourth-order valence-electron chi connectivity index (χ4n) is 1.78. The predicted octanol–water partition coefficient (Wildman–Crippen LogP) is 4.77.